The van der Waals surface area contributed by atoms with Crippen LogP contribution in [0.25, 0.3) is 0 Å². The van der Waals surface area contributed by atoms with Crippen molar-refractivity contribution < 1.29 is 14.3 Å². The molecule has 0 unspecified atom stereocenters. The summed E-state index contributed by atoms with van der Waals surface area (Å²) in [7, 11) is 0. The molecule has 1 heterocycles. The molecule has 1 amide bonds. The molecule has 0 aliphatic carbocycles. The summed E-state index contributed by atoms with van der Waals surface area (Å²) in [5, 5.41) is 2.80. The minimum Gasteiger partial charge on any atom is -0.466 e. The standard InChI is InChI=1S/C19H22N2O3/c1-3-5-14-6-8-15(9-7-14)19(23)21-17-11-10-16(20-13-17)12-18(22)24-4-2/h6-11,13H,3-5,12H2,1-2H3,(H,21,23). The molecule has 24 heavy (non-hydrogen) atoms. The van der Waals surface area contributed by atoms with Gasteiger partial charge in [-0.2, -0.15) is 0 Å². The van der Waals surface area contributed by atoms with Crippen molar-refractivity contribution in [2.75, 3.05) is 11.9 Å². The Hall–Kier alpha value is -2.69. The van der Waals surface area contributed by atoms with Crippen LogP contribution in [0.3, 0.4) is 0 Å². The summed E-state index contributed by atoms with van der Waals surface area (Å²) >= 11 is 0. The molecule has 1 aromatic carbocycles. The van der Waals surface area contributed by atoms with Crippen molar-refractivity contribution in [3.63, 3.8) is 0 Å². The van der Waals surface area contributed by atoms with Gasteiger partial charge in [-0.3, -0.25) is 14.6 Å². The van der Waals surface area contributed by atoms with Crippen LogP contribution in [-0.2, 0) is 22.4 Å². The van der Waals surface area contributed by atoms with Gasteiger partial charge >= 0.3 is 5.97 Å². The molecular formula is C19H22N2O3. The summed E-state index contributed by atoms with van der Waals surface area (Å²) in [5.74, 6) is -0.494. The highest BCUT2D eigenvalue weighted by Gasteiger charge is 2.08. The van der Waals surface area contributed by atoms with Gasteiger partial charge in [0.15, 0.2) is 0 Å². The molecule has 1 N–H and O–H groups in total. The fraction of sp³-hybridized carbons (Fsp3) is 0.316. The van der Waals surface area contributed by atoms with Crippen LogP contribution in [-0.4, -0.2) is 23.5 Å². The van der Waals surface area contributed by atoms with Gasteiger partial charge in [-0.25, -0.2) is 0 Å². The summed E-state index contributed by atoms with van der Waals surface area (Å²) < 4.78 is 4.88. The SMILES string of the molecule is CCCc1ccc(C(=O)Nc2ccc(CC(=O)OCC)nc2)cc1. The zero-order valence-corrected chi connectivity index (χ0v) is 14.0. The first-order valence-corrected chi connectivity index (χ1v) is 8.13. The molecule has 0 bridgehead atoms. The molecule has 126 valence electrons. The second-order valence-corrected chi connectivity index (χ2v) is 5.42. The number of benzene rings is 1. The quantitative estimate of drug-likeness (QED) is 0.792. The number of nitrogens with one attached hydrogen (secondary N) is 1. The number of amides is 1. The Kier molecular flexibility index (Phi) is 6.49. The Labute approximate surface area is 142 Å². The van der Waals surface area contributed by atoms with E-state index in [4.69, 9.17) is 4.74 Å². The molecule has 2 aromatic rings. The maximum atomic E-state index is 12.2. The third-order valence-electron chi connectivity index (χ3n) is 3.47. The number of anilines is 1. The Morgan fingerprint density at radius 2 is 1.83 bits per heavy atom. The van der Waals surface area contributed by atoms with Crippen LogP contribution in [0.15, 0.2) is 42.6 Å². The average Bonchev–Trinajstić information content (AvgIpc) is 2.58. The molecule has 0 saturated heterocycles. The zero-order chi connectivity index (χ0) is 17.4. The largest absolute Gasteiger partial charge is 0.466 e. The van der Waals surface area contributed by atoms with Crippen LogP contribution in [0.2, 0.25) is 0 Å². The smallest absolute Gasteiger partial charge is 0.311 e. The van der Waals surface area contributed by atoms with Crippen LogP contribution in [0.5, 0.6) is 0 Å². The van der Waals surface area contributed by atoms with E-state index in [1.165, 1.54) is 11.8 Å². The zero-order valence-electron chi connectivity index (χ0n) is 14.0. The van der Waals surface area contributed by atoms with Gasteiger partial charge in [0.25, 0.3) is 5.91 Å². The first kappa shape index (κ1) is 17.7. The first-order valence-electron chi connectivity index (χ1n) is 8.13. The number of nitrogens with zero attached hydrogens (tertiary/aromatic N) is 1. The summed E-state index contributed by atoms with van der Waals surface area (Å²) in [6.07, 6.45) is 3.75. The number of esters is 1. The van der Waals surface area contributed by atoms with Crippen molar-refractivity contribution in [1.82, 2.24) is 4.98 Å². The van der Waals surface area contributed by atoms with Gasteiger partial charge in [-0.15, -0.1) is 0 Å². The van der Waals surface area contributed by atoms with Crippen molar-refractivity contribution in [3.8, 4) is 0 Å². The van der Waals surface area contributed by atoms with Gasteiger partial charge in [-0.05, 0) is 43.2 Å². The molecule has 0 radical (unpaired) electrons. The summed E-state index contributed by atoms with van der Waals surface area (Å²) in [6.45, 7) is 4.24. The number of carbonyl (C=O) groups excluding carboxylic acids is 2. The number of pyridine rings is 1. The second-order valence-electron chi connectivity index (χ2n) is 5.42. The summed E-state index contributed by atoms with van der Waals surface area (Å²) in [6, 6.07) is 11.0. The lowest BCUT2D eigenvalue weighted by Crippen LogP contribution is -2.13. The highest BCUT2D eigenvalue weighted by atomic mass is 16.5. The lowest BCUT2D eigenvalue weighted by Gasteiger charge is -2.07. The lowest BCUT2D eigenvalue weighted by molar-refractivity contribution is -0.142. The molecule has 0 aliphatic heterocycles. The number of hydrogen-bond acceptors (Lipinski definition) is 4. The van der Waals surface area contributed by atoms with E-state index in [-0.39, 0.29) is 18.3 Å². The molecule has 0 atom stereocenters. The fourth-order valence-corrected chi connectivity index (χ4v) is 2.28. The predicted molar refractivity (Wildman–Crippen MR) is 93.0 cm³/mol. The molecule has 5 heteroatoms. The predicted octanol–water partition coefficient (Wildman–Crippen LogP) is 3.39. The first-order chi connectivity index (χ1) is 11.6. The Morgan fingerprint density at radius 1 is 1.08 bits per heavy atom. The van der Waals surface area contributed by atoms with Crippen molar-refractivity contribution in [3.05, 3.63) is 59.4 Å². The number of hydrogen-bond donors (Lipinski definition) is 1. The van der Waals surface area contributed by atoms with Crippen LogP contribution in [0.4, 0.5) is 5.69 Å². The van der Waals surface area contributed by atoms with Gasteiger partial charge in [0.2, 0.25) is 0 Å². The van der Waals surface area contributed by atoms with E-state index >= 15 is 0 Å². The summed E-state index contributed by atoms with van der Waals surface area (Å²) in [4.78, 5) is 27.8. The second kappa shape index (κ2) is 8.82. The molecular weight excluding hydrogens is 304 g/mol. The lowest BCUT2D eigenvalue weighted by atomic mass is 10.1. The van der Waals surface area contributed by atoms with Crippen molar-refractivity contribution in [2.24, 2.45) is 0 Å². The van der Waals surface area contributed by atoms with Gasteiger partial charge < -0.3 is 10.1 Å². The molecule has 0 saturated carbocycles. The third-order valence-corrected chi connectivity index (χ3v) is 3.47. The van der Waals surface area contributed by atoms with E-state index in [0.29, 0.717) is 23.6 Å². The summed E-state index contributed by atoms with van der Waals surface area (Å²) in [5.41, 5.74) is 3.02. The monoisotopic (exact) mass is 326 g/mol. The van der Waals surface area contributed by atoms with E-state index in [0.717, 1.165) is 12.8 Å². The van der Waals surface area contributed by atoms with E-state index in [9.17, 15) is 9.59 Å². The van der Waals surface area contributed by atoms with Gasteiger partial charge in [0.05, 0.1) is 30.6 Å². The number of carbonyl (C=O) groups is 2. The highest BCUT2D eigenvalue weighted by Crippen LogP contribution is 2.11. The number of aromatic nitrogens is 1. The maximum absolute atomic E-state index is 12.2. The van der Waals surface area contributed by atoms with Gasteiger partial charge in [0.1, 0.15) is 0 Å². The number of ether oxygens (including phenoxy) is 1. The van der Waals surface area contributed by atoms with E-state index in [2.05, 4.69) is 17.2 Å². The van der Waals surface area contributed by atoms with E-state index < -0.39 is 0 Å². The van der Waals surface area contributed by atoms with Crippen LogP contribution < -0.4 is 5.32 Å². The third kappa shape index (κ3) is 5.19. The van der Waals surface area contributed by atoms with Crippen LogP contribution >= 0.6 is 0 Å². The van der Waals surface area contributed by atoms with E-state index in [1.54, 1.807) is 19.1 Å². The maximum Gasteiger partial charge on any atom is 0.311 e. The van der Waals surface area contributed by atoms with Crippen LogP contribution in [0.1, 0.15) is 41.9 Å². The normalized spacial score (nSPS) is 10.2. The van der Waals surface area contributed by atoms with Crippen molar-refractivity contribution in [2.45, 2.75) is 33.1 Å². The topological polar surface area (TPSA) is 68.3 Å². The number of rotatable bonds is 7. The minimum absolute atomic E-state index is 0.126. The van der Waals surface area contributed by atoms with Gasteiger partial charge in [-0.1, -0.05) is 25.5 Å². The molecule has 2 rings (SSSR count). The van der Waals surface area contributed by atoms with Gasteiger partial charge in [0, 0.05) is 5.56 Å². The highest BCUT2D eigenvalue weighted by molar-refractivity contribution is 6.04. The van der Waals surface area contributed by atoms with Crippen LogP contribution in [0, 0.1) is 0 Å². The molecule has 5 nitrogen and oxygen atoms in total. The van der Waals surface area contributed by atoms with Crippen molar-refractivity contribution in [1.29, 1.82) is 0 Å². The molecule has 0 aliphatic rings. The minimum atomic E-state index is -0.311. The van der Waals surface area contributed by atoms with E-state index in [1.807, 2.05) is 24.3 Å². The van der Waals surface area contributed by atoms with Crippen molar-refractivity contribution >= 4 is 17.6 Å². The molecule has 0 spiro atoms. The Morgan fingerprint density at radius 3 is 2.42 bits per heavy atom. The Bertz CT molecular complexity index is 679. The molecule has 1 aromatic heterocycles. The number of aryl methyl sites for hydroxylation is 1. The Balaban J connectivity index is 1.95. The fourth-order valence-electron chi connectivity index (χ4n) is 2.28. The molecule has 0 fully saturated rings. The average molecular weight is 326 g/mol.